The number of aliphatic carboxylic acids is 1. The summed E-state index contributed by atoms with van der Waals surface area (Å²) in [7, 11) is 0. The van der Waals surface area contributed by atoms with Gasteiger partial charge in [-0.2, -0.15) is 0 Å². The van der Waals surface area contributed by atoms with E-state index in [1.54, 1.807) is 12.3 Å². The lowest BCUT2D eigenvalue weighted by atomic mass is 9.79. The van der Waals surface area contributed by atoms with Crippen molar-refractivity contribution in [3.63, 3.8) is 0 Å². The molecule has 1 amide bonds. The number of amides is 1. The Morgan fingerprint density at radius 2 is 2.04 bits per heavy atom. The zero-order chi connectivity index (χ0) is 16.8. The molecule has 1 fully saturated rings. The van der Waals surface area contributed by atoms with Gasteiger partial charge in [0.15, 0.2) is 5.13 Å². The predicted octanol–water partition coefficient (Wildman–Crippen LogP) is 2.08. The summed E-state index contributed by atoms with van der Waals surface area (Å²) in [5, 5.41) is 14.0. The number of nitrogens with one attached hydrogen (secondary N) is 1. The summed E-state index contributed by atoms with van der Waals surface area (Å²) >= 11 is 1.21. The highest BCUT2D eigenvalue weighted by molar-refractivity contribution is 7.13. The molecule has 7 nitrogen and oxygen atoms in total. The second-order valence-electron chi connectivity index (χ2n) is 5.45. The van der Waals surface area contributed by atoms with Crippen molar-refractivity contribution < 1.29 is 24.2 Å². The molecule has 2 N–H and O–H groups in total. The first-order valence-electron chi connectivity index (χ1n) is 7.65. The first-order chi connectivity index (χ1) is 11.0. The minimum absolute atomic E-state index is 0.0569. The van der Waals surface area contributed by atoms with E-state index in [-0.39, 0.29) is 18.3 Å². The number of hydrogen-bond donors (Lipinski definition) is 2. The number of thiazole rings is 1. The fraction of sp³-hybridized carbons (Fsp3) is 0.600. The molecule has 23 heavy (non-hydrogen) atoms. The molecule has 0 aromatic carbocycles. The first-order valence-corrected chi connectivity index (χ1v) is 8.53. The largest absolute Gasteiger partial charge is 0.481 e. The van der Waals surface area contributed by atoms with Crippen LogP contribution in [0.2, 0.25) is 0 Å². The highest BCUT2D eigenvalue weighted by Crippen LogP contribution is 2.31. The third-order valence-corrected chi connectivity index (χ3v) is 4.64. The molecule has 1 aliphatic carbocycles. The molecule has 1 saturated carbocycles. The van der Waals surface area contributed by atoms with E-state index in [1.165, 1.54) is 11.3 Å². The van der Waals surface area contributed by atoms with Gasteiger partial charge in [0, 0.05) is 5.38 Å². The van der Waals surface area contributed by atoms with E-state index in [0.717, 1.165) is 12.8 Å². The Hall–Kier alpha value is -1.96. The zero-order valence-electron chi connectivity index (χ0n) is 12.9. The van der Waals surface area contributed by atoms with Gasteiger partial charge >= 0.3 is 11.9 Å². The van der Waals surface area contributed by atoms with Gasteiger partial charge in [-0.05, 0) is 19.8 Å². The number of aromatic nitrogens is 1. The van der Waals surface area contributed by atoms with E-state index in [0.29, 0.717) is 30.3 Å². The number of carbonyl (C=O) groups is 3. The van der Waals surface area contributed by atoms with Crippen LogP contribution in [0.5, 0.6) is 0 Å². The second kappa shape index (κ2) is 8.05. The van der Waals surface area contributed by atoms with Crippen LogP contribution in [0.1, 0.15) is 38.3 Å². The molecular weight excluding hydrogens is 320 g/mol. The molecule has 126 valence electrons. The van der Waals surface area contributed by atoms with E-state index in [9.17, 15) is 19.5 Å². The molecule has 1 heterocycles. The van der Waals surface area contributed by atoms with Gasteiger partial charge in [0.1, 0.15) is 0 Å². The summed E-state index contributed by atoms with van der Waals surface area (Å²) in [6.45, 7) is 2.04. The fourth-order valence-electron chi connectivity index (χ4n) is 2.74. The lowest BCUT2D eigenvalue weighted by molar-refractivity contribution is -0.147. The molecule has 0 saturated heterocycles. The van der Waals surface area contributed by atoms with Crippen LogP contribution < -0.4 is 5.32 Å². The average molecular weight is 340 g/mol. The van der Waals surface area contributed by atoms with Crippen LogP contribution >= 0.6 is 11.3 Å². The molecule has 0 aliphatic heterocycles. The molecule has 0 unspecified atom stereocenters. The van der Waals surface area contributed by atoms with Crippen LogP contribution in [0.15, 0.2) is 5.38 Å². The Balaban J connectivity index is 1.96. The Bertz CT molecular complexity index is 586. The topological polar surface area (TPSA) is 106 Å². The summed E-state index contributed by atoms with van der Waals surface area (Å²) in [6.07, 6.45) is 2.85. The Morgan fingerprint density at radius 1 is 1.35 bits per heavy atom. The lowest BCUT2D eigenvalue weighted by Gasteiger charge is -2.26. The smallest absolute Gasteiger partial charge is 0.311 e. The van der Waals surface area contributed by atoms with Gasteiger partial charge in [-0.1, -0.05) is 12.8 Å². The van der Waals surface area contributed by atoms with Crippen LogP contribution in [-0.2, 0) is 25.5 Å². The number of carbonyl (C=O) groups excluding carboxylic acids is 2. The number of anilines is 1. The normalized spacial score (nSPS) is 20.7. The molecule has 1 aliphatic rings. The zero-order valence-corrected chi connectivity index (χ0v) is 13.7. The SMILES string of the molecule is CCOC(=O)Cc1csc(NC(=O)[C@H]2CCCC[C@@H]2C(=O)O)n1. The van der Waals surface area contributed by atoms with Gasteiger partial charge in [-0.3, -0.25) is 14.4 Å². The van der Waals surface area contributed by atoms with Crippen LogP contribution in [0.25, 0.3) is 0 Å². The monoisotopic (exact) mass is 340 g/mol. The highest BCUT2D eigenvalue weighted by Gasteiger charge is 2.35. The highest BCUT2D eigenvalue weighted by atomic mass is 32.1. The molecular formula is C15H20N2O5S. The van der Waals surface area contributed by atoms with Crippen LogP contribution in [0.4, 0.5) is 5.13 Å². The van der Waals surface area contributed by atoms with Crippen molar-refractivity contribution >= 4 is 34.3 Å². The van der Waals surface area contributed by atoms with Crippen molar-refractivity contribution in [3.05, 3.63) is 11.1 Å². The van der Waals surface area contributed by atoms with Crippen LogP contribution in [0, 0.1) is 11.8 Å². The number of ether oxygens (including phenoxy) is 1. The molecule has 8 heteroatoms. The average Bonchev–Trinajstić information content (AvgIpc) is 2.94. The molecule has 0 bridgehead atoms. The van der Waals surface area contributed by atoms with Gasteiger partial charge in [-0.25, -0.2) is 4.98 Å². The second-order valence-corrected chi connectivity index (χ2v) is 6.31. The molecule has 0 spiro atoms. The van der Waals surface area contributed by atoms with E-state index in [1.807, 2.05) is 0 Å². The van der Waals surface area contributed by atoms with Crippen molar-refractivity contribution in [2.24, 2.45) is 11.8 Å². The lowest BCUT2D eigenvalue weighted by Crippen LogP contribution is -2.36. The molecule has 2 rings (SSSR count). The van der Waals surface area contributed by atoms with Gasteiger partial charge < -0.3 is 15.2 Å². The maximum Gasteiger partial charge on any atom is 0.311 e. The number of carboxylic acid groups (broad SMARTS) is 1. The summed E-state index contributed by atoms with van der Waals surface area (Å²) in [4.78, 5) is 39.2. The van der Waals surface area contributed by atoms with Crippen molar-refractivity contribution in [1.29, 1.82) is 0 Å². The third-order valence-electron chi connectivity index (χ3n) is 3.83. The standard InChI is InChI=1S/C15H20N2O5S/c1-2-22-12(18)7-9-8-23-15(16-9)17-13(19)10-5-3-4-6-11(10)14(20)21/h8,10-11H,2-7H2,1H3,(H,20,21)(H,16,17,19)/t10-,11-/m0/s1. The van der Waals surface area contributed by atoms with Crippen LogP contribution in [0.3, 0.4) is 0 Å². The van der Waals surface area contributed by atoms with Gasteiger partial charge in [0.25, 0.3) is 0 Å². The van der Waals surface area contributed by atoms with Gasteiger partial charge in [0.2, 0.25) is 5.91 Å². The van der Waals surface area contributed by atoms with E-state index >= 15 is 0 Å². The number of esters is 1. The van der Waals surface area contributed by atoms with Gasteiger partial charge in [0.05, 0.1) is 30.6 Å². The first kappa shape index (κ1) is 17.4. The molecule has 1 aromatic rings. The van der Waals surface area contributed by atoms with Gasteiger partial charge in [-0.15, -0.1) is 11.3 Å². The summed E-state index contributed by atoms with van der Waals surface area (Å²) in [6, 6.07) is 0. The Kier molecular flexibility index (Phi) is 6.09. The third kappa shape index (κ3) is 4.75. The number of hydrogen-bond acceptors (Lipinski definition) is 6. The Labute approximate surface area is 138 Å². The minimum Gasteiger partial charge on any atom is -0.481 e. The summed E-state index contributed by atoms with van der Waals surface area (Å²) in [5.74, 6) is -2.77. The van der Waals surface area contributed by atoms with E-state index in [2.05, 4.69) is 10.3 Å². The van der Waals surface area contributed by atoms with Crippen molar-refractivity contribution in [1.82, 2.24) is 4.98 Å². The molecule has 2 atom stereocenters. The molecule has 0 radical (unpaired) electrons. The summed E-state index contributed by atoms with van der Waals surface area (Å²) < 4.78 is 4.84. The number of rotatable bonds is 6. The van der Waals surface area contributed by atoms with E-state index < -0.39 is 17.8 Å². The maximum atomic E-state index is 12.3. The predicted molar refractivity (Wildman–Crippen MR) is 84.2 cm³/mol. The quantitative estimate of drug-likeness (QED) is 0.768. The number of nitrogens with zero attached hydrogens (tertiary/aromatic N) is 1. The summed E-state index contributed by atoms with van der Waals surface area (Å²) in [5.41, 5.74) is 0.530. The van der Waals surface area contributed by atoms with Crippen LogP contribution in [-0.4, -0.2) is 34.5 Å². The van der Waals surface area contributed by atoms with Crippen molar-refractivity contribution in [3.8, 4) is 0 Å². The number of carboxylic acids is 1. The fourth-order valence-corrected chi connectivity index (χ4v) is 3.46. The van der Waals surface area contributed by atoms with Crippen molar-refractivity contribution in [2.75, 3.05) is 11.9 Å². The van der Waals surface area contributed by atoms with E-state index in [4.69, 9.17) is 4.74 Å². The maximum absolute atomic E-state index is 12.3. The minimum atomic E-state index is -0.924. The molecule has 1 aromatic heterocycles. The van der Waals surface area contributed by atoms with Crippen molar-refractivity contribution in [2.45, 2.75) is 39.0 Å². The Morgan fingerprint density at radius 3 is 2.70 bits per heavy atom.